The Hall–Kier alpha value is -4.05. The number of aryl methyl sites for hydroxylation is 4. The maximum Gasteiger partial charge on any atom is 0.331 e. The lowest BCUT2D eigenvalue weighted by Gasteiger charge is -2.14. The number of fused-ring (bicyclic) bond motifs is 1. The van der Waals surface area contributed by atoms with Crippen molar-refractivity contribution in [2.75, 3.05) is 7.11 Å². The van der Waals surface area contributed by atoms with Crippen molar-refractivity contribution in [3.63, 3.8) is 0 Å². The van der Waals surface area contributed by atoms with Gasteiger partial charge in [0.2, 0.25) is 5.96 Å². The number of aromatic nitrogens is 2. The molecule has 35 heavy (non-hydrogen) atoms. The van der Waals surface area contributed by atoms with Crippen molar-refractivity contribution in [2.24, 2.45) is 15.7 Å². The molecule has 1 fully saturated rings. The highest BCUT2D eigenvalue weighted by atomic mass is 32.2. The van der Waals surface area contributed by atoms with E-state index in [9.17, 15) is 9.59 Å². The van der Waals surface area contributed by atoms with Crippen LogP contribution in [0.3, 0.4) is 0 Å². The van der Waals surface area contributed by atoms with Crippen LogP contribution in [-0.4, -0.2) is 45.0 Å². The molecule has 0 spiro atoms. The number of hydrogen-bond donors (Lipinski definition) is 1. The third-order valence-electron chi connectivity index (χ3n) is 5.30. The van der Waals surface area contributed by atoms with E-state index in [1.54, 1.807) is 0 Å². The predicted molar refractivity (Wildman–Crippen MR) is 138 cm³/mol. The van der Waals surface area contributed by atoms with Gasteiger partial charge in [0.05, 0.1) is 28.9 Å². The van der Waals surface area contributed by atoms with Crippen LogP contribution in [0.4, 0.5) is 11.6 Å². The molecule has 4 rings (SSSR count). The Labute approximate surface area is 206 Å². The van der Waals surface area contributed by atoms with Gasteiger partial charge in [0.25, 0.3) is 11.9 Å². The van der Waals surface area contributed by atoms with E-state index < -0.39 is 11.9 Å². The average Bonchev–Trinajstić information content (AvgIpc) is 3.10. The standard InChI is InChI=1S/C25H24N6O3S/c1-13-6-8-18(15(3)10-13)29-25-31(22(33)20(35-25)12-21(32)34-5)23(26)30-24-27-16(4)17-11-14(2)7-9-19(17)28-24/h6-12H,1-5H3,(H2,26,27,28,30)/b20-12-,29-25?. The van der Waals surface area contributed by atoms with Crippen molar-refractivity contribution in [1.82, 2.24) is 14.9 Å². The molecule has 0 unspecified atom stereocenters. The van der Waals surface area contributed by atoms with Gasteiger partial charge in [-0.3, -0.25) is 4.79 Å². The third kappa shape index (κ3) is 5.07. The highest BCUT2D eigenvalue weighted by molar-refractivity contribution is 8.18. The lowest BCUT2D eigenvalue weighted by molar-refractivity contribution is -0.135. The van der Waals surface area contributed by atoms with Crippen molar-refractivity contribution < 1.29 is 14.3 Å². The molecule has 0 bridgehead atoms. The molecule has 0 radical (unpaired) electrons. The third-order valence-corrected chi connectivity index (χ3v) is 6.27. The van der Waals surface area contributed by atoms with E-state index in [-0.39, 0.29) is 22.0 Å². The number of guanidine groups is 1. The van der Waals surface area contributed by atoms with E-state index in [0.717, 1.165) is 50.5 Å². The summed E-state index contributed by atoms with van der Waals surface area (Å²) in [4.78, 5) is 44.2. The Morgan fingerprint density at radius 2 is 1.80 bits per heavy atom. The van der Waals surface area contributed by atoms with E-state index in [0.29, 0.717) is 11.2 Å². The predicted octanol–water partition coefficient (Wildman–Crippen LogP) is 4.13. The molecule has 2 heterocycles. The van der Waals surface area contributed by atoms with E-state index >= 15 is 0 Å². The topological polar surface area (TPSA) is 123 Å². The number of esters is 1. The minimum Gasteiger partial charge on any atom is -0.466 e. The number of hydrogen-bond acceptors (Lipinski definition) is 8. The number of benzene rings is 2. The van der Waals surface area contributed by atoms with Crippen molar-refractivity contribution in [3.05, 3.63) is 69.8 Å². The summed E-state index contributed by atoms with van der Waals surface area (Å²) in [5.74, 6) is -1.25. The molecule has 178 valence electrons. The molecule has 9 nitrogen and oxygen atoms in total. The summed E-state index contributed by atoms with van der Waals surface area (Å²) in [6.07, 6.45) is 1.11. The molecule has 2 aromatic carbocycles. The van der Waals surface area contributed by atoms with Crippen LogP contribution in [0.15, 0.2) is 57.4 Å². The average molecular weight is 489 g/mol. The molecule has 0 atom stereocenters. The largest absolute Gasteiger partial charge is 0.466 e. The van der Waals surface area contributed by atoms with Crippen molar-refractivity contribution >= 4 is 57.3 Å². The van der Waals surface area contributed by atoms with Gasteiger partial charge in [-0.05, 0) is 63.2 Å². The number of ether oxygens (including phenoxy) is 1. The van der Waals surface area contributed by atoms with E-state index in [1.807, 2.05) is 64.1 Å². The number of amidine groups is 1. The molecule has 0 aliphatic carbocycles. The second kappa shape index (κ2) is 9.67. The molecular weight excluding hydrogens is 464 g/mol. The molecule has 3 aromatic rings. The fraction of sp³-hybridized carbons (Fsp3) is 0.200. The molecule has 1 aliphatic heterocycles. The number of nitrogens with two attached hydrogens (primary N) is 1. The van der Waals surface area contributed by atoms with Crippen molar-refractivity contribution in [2.45, 2.75) is 27.7 Å². The zero-order valence-electron chi connectivity index (χ0n) is 20.0. The maximum atomic E-state index is 13.2. The lowest BCUT2D eigenvalue weighted by atomic mass is 10.1. The zero-order valence-corrected chi connectivity index (χ0v) is 20.8. The molecular formula is C25H24N6O3S. The van der Waals surface area contributed by atoms with Crippen LogP contribution in [0, 0.1) is 27.7 Å². The first-order valence-corrected chi connectivity index (χ1v) is 11.5. The van der Waals surface area contributed by atoms with Gasteiger partial charge in [-0.2, -0.15) is 4.99 Å². The van der Waals surface area contributed by atoms with Crippen LogP contribution in [0.25, 0.3) is 10.9 Å². The highest BCUT2D eigenvalue weighted by Crippen LogP contribution is 2.34. The number of thioether (sulfide) groups is 1. The summed E-state index contributed by atoms with van der Waals surface area (Å²) in [5, 5.41) is 1.17. The van der Waals surface area contributed by atoms with Crippen LogP contribution in [0.1, 0.15) is 22.4 Å². The van der Waals surface area contributed by atoms with Crippen LogP contribution in [-0.2, 0) is 14.3 Å². The number of nitrogens with zero attached hydrogens (tertiary/aromatic N) is 5. The Bertz CT molecular complexity index is 1460. The van der Waals surface area contributed by atoms with Crippen LogP contribution < -0.4 is 5.73 Å². The molecule has 1 aromatic heterocycles. The molecule has 1 aliphatic rings. The van der Waals surface area contributed by atoms with Gasteiger partial charge in [0.15, 0.2) is 5.17 Å². The first-order valence-electron chi connectivity index (χ1n) is 10.7. The van der Waals surface area contributed by atoms with Gasteiger partial charge >= 0.3 is 5.97 Å². The van der Waals surface area contributed by atoms with Gasteiger partial charge < -0.3 is 10.5 Å². The van der Waals surface area contributed by atoms with Gasteiger partial charge in [-0.15, -0.1) is 0 Å². The fourth-order valence-electron chi connectivity index (χ4n) is 3.53. The Morgan fingerprint density at radius 1 is 1.09 bits per heavy atom. The molecule has 10 heteroatoms. The first-order chi connectivity index (χ1) is 16.7. The Kier molecular flexibility index (Phi) is 6.65. The SMILES string of the molecule is COC(=O)/C=C1\SC(=Nc2ccc(C)cc2C)N(/C(N)=N/c2nc(C)c3cc(C)ccc3n2)C1=O. The summed E-state index contributed by atoms with van der Waals surface area (Å²) in [6, 6.07) is 11.6. The van der Waals surface area contributed by atoms with Crippen LogP contribution >= 0.6 is 11.8 Å². The lowest BCUT2D eigenvalue weighted by Crippen LogP contribution is -2.41. The highest BCUT2D eigenvalue weighted by Gasteiger charge is 2.37. The summed E-state index contributed by atoms with van der Waals surface area (Å²) < 4.78 is 4.68. The monoisotopic (exact) mass is 488 g/mol. The molecule has 0 saturated carbocycles. The second-order valence-electron chi connectivity index (χ2n) is 8.06. The van der Waals surface area contributed by atoms with E-state index in [2.05, 4.69) is 24.7 Å². The number of rotatable bonds is 3. The minimum atomic E-state index is -0.659. The number of methoxy groups -OCH3 is 1. The second-order valence-corrected chi connectivity index (χ2v) is 9.07. The number of aliphatic imine (C=N–C) groups is 2. The fourth-order valence-corrected chi connectivity index (χ4v) is 4.48. The smallest absolute Gasteiger partial charge is 0.331 e. The van der Waals surface area contributed by atoms with Crippen LogP contribution in [0.5, 0.6) is 0 Å². The summed E-state index contributed by atoms with van der Waals surface area (Å²) in [5.41, 5.74) is 11.5. The summed E-state index contributed by atoms with van der Waals surface area (Å²) >= 11 is 1.01. The van der Waals surface area contributed by atoms with Crippen molar-refractivity contribution in [3.8, 4) is 0 Å². The van der Waals surface area contributed by atoms with E-state index in [1.165, 1.54) is 7.11 Å². The van der Waals surface area contributed by atoms with Gasteiger partial charge in [-0.25, -0.2) is 24.7 Å². The zero-order chi connectivity index (χ0) is 25.3. The summed E-state index contributed by atoms with van der Waals surface area (Å²) in [7, 11) is 1.24. The summed E-state index contributed by atoms with van der Waals surface area (Å²) in [6.45, 7) is 7.77. The maximum absolute atomic E-state index is 13.2. The first kappa shape index (κ1) is 24.1. The Morgan fingerprint density at radius 3 is 2.51 bits per heavy atom. The van der Waals surface area contributed by atoms with Gasteiger partial charge in [0, 0.05) is 11.5 Å². The van der Waals surface area contributed by atoms with E-state index in [4.69, 9.17) is 5.73 Å². The van der Waals surface area contributed by atoms with Crippen molar-refractivity contribution in [1.29, 1.82) is 0 Å². The Balaban J connectivity index is 1.79. The molecule has 2 N–H and O–H groups in total. The molecule has 1 saturated heterocycles. The normalized spacial score (nSPS) is 16.5. The minimum absolute atomic E-state index is 0.115. The van der Waals surface area contributed by atoms with Crippen LogP contribution in [0.2, 0.25) is 0 Å². The van der Waals surface area contributed by atoms with Gasteiger partial charge in [-0.1, -0.05) is 29.3 Å². The molecule has 1 amide bonds. The number of carbonyl (C=O) groups is 2. The number of carbonyl (C=O) groups excluding carboxylic acids is 2. The quantitative estimate of drug-likeness (QED) is 0.254. The number of amides is 1. The van der Waals surface area contributed by atoms with Gasteiger partial charge in [0.1, 0.15) is 0 Å².